The molecule has 0 fully saturated rings. The fourth-order valence-corrected chi connectivity index (χ4v) is 1.68. The highest BCUT2D eigenvalue weighted by Gasteiger charge is 2.01. The molecule has 0 aliphatic carbocycles. The van der Waals surface area contributed by atoms with Gasteiger partial charge in [-0.1, -0.05) is 12.1 Å². The van der Waals surface area contributed by atoms with Gasteiger partial charge in [-0.3, -0.25) is 4.68 Å². The molecule has 2 rings (SSSR count). The number of nitrogens with zero attached hydrogens (tertiary/aromatic N) is 2. The van der Waals surface area contributed by atoms with E-state index in [2.05, 4.69) is 5.10 Å². The number of hydrogen-bond donors (Lipinski definition) is 1. The summed E-state index contributed by atoms with van der Waals surface area (Å²) in [6, 6.07) is 7.81. The third-order valence-electron chi connectivity index (χ3n) is 2.61. The molecule has 0 unspecified atom stereocenters. The summed E-state index contributed by atoms with van der Waals surface area (Å²) < 4.78 is 6.95. The Morgan fingerprint density at radius 1 is 1.24 bits per heavy atom. The van der Waals surface area contributed by atoms with E-state index >= 15 is 0 Å². The van der Waals surface area contributed by atoms with Gasteiger partial charge in [0, 0.05) is 37.7 Å². The van der Waals surface area contributed by atoms with Crippen molar-refractivity contribution in [3.05, 3.63) is 36.7 Å². The van der Waals surface area contributed by atoms with Crippen LogP contribution in [0.5, 0.6) is 0 Å². The normalized spacial score (nSPS) is 10.6. The third-order valence-corrected chi connectivity index (χ3v) is 2.61. The molecule has 90 valence electrons. The van der Waals surface area contributed by atoms with E-state index in [-0.39, 0.29) is 0 Å². The number of nitrogens with two attached hydrogens (primary N) is 1. The summed E-state index contributed by atoms with van der Waals surface area (Å²) in [5.41, 5.74) is 8.68. The van der Waals surface area contributed by atoms with Gasteiger partial charge in [-0.15, -0.1) is 0 Å². The third kappa shape index (κ3) is 3.07. The highest BCUT2D eigenvalue weighted by molar-refractivity contribution is 5.63. The highest BCUT2D eigenvalue weighted by atomic mass is 16.5. The first kappa shape index (κ1) is 11.7. The fourth-order valence-electron chi connectivity index (χ4n) is 1.68. The molecule has 0 aliphatic rings. The van der Waals surface area contributed by atoms with Crippen molar-refractivity contribution >= 4 is 5.69 Å². The Morgan fingerprint density at radius 2 is 2.00 bits per heavy atom. The van der Waals surface area contributed by atoms with Gasteiger partial charge in [0.05, 0.1) is 6.20 Å². The number of anilines is 1. The zero-order chi connectivity index (χ0) is 12.1. The van der Waals surface area contributed by atoms with Crippen molar-refractivity contribution in [2.24, 2.45) is 0 Å². The van der Waals surface area contributed by atoms with Gasteiger partial charge in [-0.25, -0.2) is 0 Å². The molecule has 0 radical (unpaired) electrons. The van der Waals surface area contributed by atoms with Crippen molar-refractivity contribution < 1.29 is 4.74 Å². The lowest BCUT2D eigenvalue weighted by Gasteiger charge is -2.00. The smallest absolute Gasteiger partial charge is 0.0568 e. The van der Waals surface area contributed by atoms with Crippen LogP contribution < -0.4 is 5.73 Å². The number of ether oxygens (including phenoxy) is 1. The van der Waals surface area contributed by atoms with Gasteiger partial charge in [-0.2, -0.15) is 5.10 Å². The lowest BCUT2D eigenvalue weighted by atomic mass is 10.1. The molecule has 0 aliphatic heterocycles. The monoisotopic (exact) mass is 231 g/mol. The topological polar surface area (TPSA) is 53.1 Å². The fraction of sp³-hybridized carbons (Fsp3) is 0.308. The van der Waals surface area contributed by atoms with Crippen molar-refractivity contribution in [2.75, 3.05) is 19.5 Å². The molecule has 0 atom stereocenters. The number of aromatic nitrogens is 2. The lowest BCUT2D eigenvalue weighted by molar-refractivity contribution is 0.189. The number of aryl methyl sites for hydroxylation is 1. The van der Waals surface area contributed by atoms with E-state index in [0.29, 0.717) is 0 Å². The second-order valence-corrected chi connectivity index (χ2v) is 3.96. The predicted molar refractivity (Wildman–Crippen MR) is 68.6 cm³/mol. The summed E-state index contributed by atoms with van der Waals surface area (Å²) >= 11 is 0. The number of benzene rings is 1. The Kier molecular flexibility index (Phi) is 3.77. The van der Waals surface area contributed by atoms with Crippen molar-refractivity contribution in [1.29, 1.82) is 0 Å². The SMILES string of the molecule is COCCCn1cc(-c2ccc(N)cc2)cn1. The molecule has 0 bridgehead atoms. The molecule has 0 saturated carbocycles. The number of nitrogen functional groups attached to an aromatic ring is 1. The predicted octanol–water partition coefficient (Wildman–Crippen LogP) is 2.17. The average molecular weight is 231 g/mol. The molecular formula is C13H17N3O. The van der Waals surface area contributed by atoms with Crippen molar-refractivity contribution in [3.8, 4) is 11.1 Å². The first-order valence-corrected chi connectivity index (χ1v) is 5.67. The summed E-state index contributed by atoms with van der Waals surface area (Å²) in [4.78, 5) is 0. The molecule has 0 spiro atoms. The van der Waals surface area contributed by atoms with E-state index in [1.807, 2.05) is 41.3 Å². The van der Waals surface area contributed by atoms with Crippen LogP contribution in [0.3, 0.4) is 0 Å². The summed E-state index contributed by atoms with van der Waals surface area (Å²) in [5, 5.41) is 4.32. The largest absolute Gasteiger partial charge is 0.399 e. The molecule has 17 heavy (non-hydrogen) atoms. The zero-order valence-corrected chi connectivity index (χ0v) is 9.97. The van der Waals surface area contributed by atoms with E-state index in [4.69, 9.17) is 10.5 Å². The lowest BCUT2D eigenvalue weighted by Crippen LogP contribution is -2.01. The van der Waals surface area contributed by atoms with Crippen LogP contribution in [0.15, 0.2) is 36.7 Å². The second kappa shape index (κ2) is 5.50. The van der Waals surface area contributed by atoms with Crippen LogP contribution in [0.2, 0.25) is 0 Å². The van der Waals surface area contributed by atoms with E-state index in [1.165, 1.54) is 0 Å². The Labute approximate surface area is 101 Å². The first-order chi connectivity index (χ1) is 8.29. The van der Waals surface area contributed by atoms with Gasteiger partial charge < -0.3 is 10.5 Å². The van der Waals surface area contributed by atoms with Crippen LogP contribution in [-0.4, -0.2) is 23.5 Å². The Morgan fingerprint density at radius 3 is 2.71 bits per heavy atom. The average Bonchev–Trinajstić information content (AvgIpc) is 2.79. The first-order valence-electron chi connectivity index (χ1n) is 5.67. The van der Waals surface area contributed by atoms with Gasteiger partial charge >= 0.3 is 0 Å². The van der Waals surface area contributed by atoms with E-state index in [1.54, 1.807) is 7.11 Å². The quantitative estimate of drug-likeness (QED) is 0.633. The van der Waals surface area contributed by atoms with Crippen molar-refractivity contribution in [2.45, 2.75) is 13.0 Å². The molecule has 1 aromatic heterocycles. The minimum absolute atomic E-state index is 0.761. The van der Waals surface area contributed by atoms with Gasteiger partial charge in [0.2, 0.25) is 0 Å². The molecule has 2 N–H and O–H groups in total. The molecule has 1 heterocycles. The molecule has 0 amide bonds. The van der Waals surface area contributed by atoms with Crippen molar-refractivity contribution in [1.82, 2.24) is 9.78 Å². The molecule has 4 heteroatoms. The number of hydrogen-bond acceptors (Lipinski definition) is 3. The number of rotatable bonds is 5. The molecular weight excluding hydrogens is 214 g/mol. The van der Waals surface area contributed by atoms with Crippen LogP contribution in [0.4, 0.5) is 5.69 Å². The highest BCUT2D eigenvalue weighted by Crippen LogP contribution is 2.19. The molecule has 1 aromatic carbocycles. The number of methoxy groups -OCH3 is 1. The van der Waals surface area contributed by atoms with Crippen LogP contribution in [-0.2, 0) is 11.3 Å². The maximum absolute atomic E-state index is 5.66. The van der Waals surface area contributed by atoms with Gasteiger partial charge in [0.1, 0.15) is 0 Å². The Bertz CT molecular complexity index is 462. The van der Waals surface area contributed by atoms with E-state index in [9.17, 15) is 0 Å². The van der Waals surface area contributed by atoms with E-state index in [0.717, 1.165) is 36.4 Å². The summed E-state index contributed by atoms with van der Waals surface area (Å²) in [6.07, 6.45) is 4.89. The molecule has 4 nitrogen and oxygen atoms in total. The maximum atomic E-state index is 5.66. The molecule has 2 aromatic rings. The second-order valence-electron chi connectivity index (χ2n) is 3.96. The van der Waals surface area contributed by atoms with Gasteiger partial charge in [0.15, 0.2) is 0 Å². The Balaban J connectivity index is 2.04. The minimum atomic E-state index is 0.761. The van der Waals surface area contributed by atoms with E-state index < -0.39 is 0 Å². The zero-order valence-electron chi connectivity index (χ0n) is 9.97. The summed E-state index contributed by atoms with van der Waals surface area (Å²) in [5.74, 6) is 0. The summed E-state index contributed by atoms with van der Waals surface area (Å²) in [7, 11) is 1.71. The van der Waals surface area contributed by atoms with Crippen LogP contribution in [0, 0.1) is 0 Å². The van der Waals surface area contributed by atoms with Gasteiger partial charge in [-0.05, 0) is 24.1 Å². The summed E-state index contributed by atoms with van der Waals surface area (Å²) in [6.45, 7) is 1.64. The standard InChI is InChI=1S/C13H17N3O/c1-17-8-2-7-16-10-12(9-15-16)11-3-5-13(14)6-4-11/h3-6,9-10H,2,7-8,14H2,1H3. The van der Waals surface area contributed by atoms with Crippen LogP contribution in [0.25, 0.3) is 11.1 Å². The van der Waals surface area contributed by atoms with Crippen LogP contribution >= 0.6 is 0 Å². The van der Waals surface area contributed by atoms with Crippen LogP contribution in [0.1, 0.15) is 6.42 Å². The maximum Gasteiger partial charge on any atom is 0.0568 e. The minimum Gasteiger partial charge on any atom is -0.399 e. The molecule has 0 saturated heterocycles. The Hall–Kier alpha value is -1.81. The van der Waals surface area contributed by atoms with Gasteiger partial charge in [0.25, 0.3) is 0 Å². The van der Waals surface area contributed by atoms with Crippen molar-refractivity contribution in [3.63, 3.8) is 0 Å².